The van der Waals surface area contributed by atoms with Crippen LogP contribution in [0, 0.1) is 11.3 Å². The lowest BCUT2D eigenvalue weighted by Gasteiger charge is -2.30. The van der Waals surface area contributed by atoms with Crippen molar-refractivity contribution in [3.05, 3.63) is 22.7 Å². The van der Waals surface area contributed by atoms with Crippen molar-refractivity contribution in [1.29, 1.82) is 0 Å². The van der Waals surface area contributed by atoms with Gasteiger partial charge in [0.1, 0.15) is 0 Å². The third-order valence-electron chi connectivity index (χ3n) is 3.69. The summed E-state index contributed by atoms with van der Waals surface area (Å²) in [6, 6.07) is 2.01. The van der Waals surface area contributed by atoms with Gasteiger partial charge in [0.25, 0.3) is 0 Å². The molecule has 2 rings (SSSR count). The first kappa shape index (κ1) is 15.2. The van der Waals surface area contributed by atoms with Gasteiger partial charge in [-0.15, -0.1) is 0 Å². The van der Waals surface area contributed by atoms with Crippen LogP contribution in [0.15, 0.2) is 21.3 Å². The SMILES string of the molecule is CC(C)(C)C(CCN)CCc1nc(-c2ccsc2)no1. The van der Waals surface area contributed by atoms with Gasteiger partial charge in [-0.05, 0) is 42.2 Å². The molecule has 2 heterocycles. The molecule has 0 aliphatic rings. The fraction of sp³-hybridized carbons (Fsp3) is 0.600. The lowest BCUT2D eigenvalue weighted by molar-refractivity contribution is 0.208. The number of aryl methyl sites for hydroxylation is 1. The van der Waals surface area contributed by atoms with Crippen LogP contribution >= 0.6 is 11.3 Å². The molecular formula is C15H23N3OS. The first-order chi connectivity index (χ1) is 9.50. The fourth-order valence-electron chi connectivity index (χ4n) is 2.37. The van der Waals surface area contributed by atoms with E-state index in [2.05, 4.69) is 30.9 Å². The predicted molar refractivity (Wildman–Crippen MR) is 82.5 cm³/mol. The molecule has 0 bridgehead atoms. The van der Waals surface area contributed by atoms with Gasteiger partial charge in [0.2, 0.25) is 11.7 Å². The van der Waals surface area contributed by atoms with Crippen LogP contribution in [0.1, 0.15) is 39.5 Å². The minimum absolute atomic E-state index is 0.260. The maximum absolute atomic E-state index is 5.71. The average Bonchev–Trinajstić information content (AvgIpc) is 3.03. The first-order valence-electron chi connectivity index (χ1n) is 7.06. The van der Waals surface area contributed by atoms with Crippen molar-refractivity contribution in [3.8, 4) is 11.4 Å². The topological polar surface area (TPSA) is 64.9 Å². The van der Waals surface area contributed by atoms with Gasteiger partial charge in [0.05, 0.1) is 0 Å². The standard InChI is InChI=1S/C15H23N3OS/c1-15(2,3)12(6-8-16)4-5-13-17-14(18-19-13)11-7-9-20-10-11/h7,9-10,12H,4-6,8,16H2,1-3H3. The van der Waals surface area contributed by atoms with Gasteiger partial charge in [0, 0.05) is 17.4 Å². The minimum atomic E-state index is 0.260. The summed E-state index contributed by atoms with van der Waals surface area (Å²) in [4.78, 5) is 4.46. The minimum Gasteiger partial charge on any atom is -0.339 e. The Labute approximate surface area is 124 Å². The molecule has 0 aromatic carbocycles. The Morgan fingerprint density at radius 1 is 1.35 bits per heavy atom. The molecule has 20 heavy (non-hydrogen) atoms. The van der Waals surface area contributed by atoms with E-state index in [4.69, 9.17) is 10.3 Å². The summed E-state index contributed by atoms with van der Waals surface area (Å²) in [7, 11) is 0. The van der Waals surface area contributed by atoms with Crippen molar-refractivity contribution in [3.63, 3.8) is 0 Å². The van der Waals surface area contributed by atoms with Crippen LogP contribution in [0.4, 0.5) is 0 Å². The lowest BCUT2D eigenvalue weighted by Crippen LogP contribution is -2.24. The first-order valence-corrected chi connectivity index (χ1v) is 8.00. The van der Waals surface area contributed by atoms with Crippen LogP contribution in [0.2, 0.25) is 0 Å². The van der Waals surface area contributed by atoms with E-state index in [9.17, 15) is 0 Å². The highest BCUT2D eigenvalue weighted by atomic mass is 32.1. The van der Waals surface area contributed by atoms with Crippen molar-refractivity contribution in [2.24, 2.45) is 17.1 Å². The summed E-state index contributed by atoms with van der Waals surface area (Å²) in [5, 5.41) is 8.09. The molecule has 5 heteroatoms. The summed E-state index contributed by atoms with van der Waals surface area (Å²) in [5.74, 6) is 1.98. The van der Waals surface area contributed by atoms with Gasteiger partial charge in [-0.1, -0.05) is 25.9 Å². The highest BCUT2D eigenvalue weighted by Gasteiger charge is 2.24. The zero-order valence-corrected chi connectivity index (χ0v) is 13.2. The average molecular weight is 293 g/mol. The second-order valence-corrected chi connectivity index (χ2v) is 6.98. The molecule has 0 fully saturated rings. The predicted octanol–water partition coefficient (Wildman–Crippen LogP) is 3.74. The van der Waals surface area contributed by atoms with Crippen LogP contribution < -0.4 is 5.73 Å². The number of hydrogen-bond donors (Lipinski definition) is 1. The molecule has 110 valence electrons. The third kappa shape index (κ3) is 3.90. The largest absolute Gasteiger partial charge is 0.339 e. The third-order valence-corrected chi connectivity index (χ3v) is 4.38. The number of rotatable bonds is 6. The maximum Gasteiger partial charge on any atom is 0.226 e. The lowest BCUT2D eigenvalue weighted by atomic mass is 9.76. The Kier molecular flexibility index (Phi) is 4.94. The van der Waals surface area contributed by atoms with Gasteiger partial charge in [-0.25, -0.2) is 0 Å². The van der Waals surface area contributed by atoms with Crippen LogP contribution in [0.3, 0.4) is 0 Å². The second-order valence-electron chi connectivity index (χ2n) is 6.20. The molecule has 4 nitrogen and oxygen atoms in total. The summed E-state index contributed by atoms with van der Waals surface area (Å²) in [6.07, 6.45) is 2.89. The van der Waals surface area contributed by atoms with E-state index in [0.717, 1.165) is 37.3 Å². The monoisotopic (exact) mass is 293 g/mol. The van der Waals surface area contributed by atoms with Gasteiger partial charge in [-0.3, -0.25) is 0 Å². The van der Waals surface area contributed by atoms with E-state index in [1.165, 1.54) is 0 Å². The van der Waals surface area contributed by atoms with Gasteiger partial charge >= 0.3 is 0 Å². The molecule has 2 aromatic rings. The number of nitrogens with zero attached hydrogens (tertiary/aromatic N) is 2. The molecule has 0 saturated carbocycles. The highest BCUT2D eigenvalue weighted by Crippen LogP contribution is 2.32. The van der Waals surface area contributed by atoms with Gasteiger partial charge < -0.3 is 10.3 Å². The molecule has 2 N–H and O–H groups in total. The number of nitrogens with two attached hydrogens (primary N) is 1. The van der Waals surface area contributed by atoms with E-state index in [-0.39, 0.29) is 5.41 Å². The molecular weight excluding hydrogens is 270 g/mol. The zero-order chi connectivity index (χ0) is 14.6. The van der Waals surface area contributed by atoms with E-state index in [1.54, 1.807) is 11.3 Å². The van der Waals surface area contributed by atoms with Crippen LogP contribution in [0.5, 0.6) is 0 Å². The zero-order valence-electron chi connectivity index (χ0n) is 12.4. The fourth-order valence-corrected chi connectivity index (χ4v) is 3.01. The second kappa shape index (κ2) is 6.50. The van der Waals surface area contributed by atoms with E-state index in [1.807, 2.05) is 16.8 Å². The highest BCUT2D eigenvalue weighted by molar-refractivity contribution is 7.08. The molecule has 0 saturated heterocycles. The smallest absolute Gasteiger partial charge is 0.226 e. The van der Waals surface area contributed by atoms with Crippen molar-refractivity contribution in [2.75, 3.05) is 6.54 Å². The maximum atomic E-state index is 5.71. The Balaban J connectivity index is 1.97. The Morgan fingerprint density at radius 2 is 2.15 bits per heavy atom. The molecule has 0 aliphatic carbocycles. The van der Waals surface area contributed by atoms with Crippen LogP contribution in [-0.4, -0.2) is 16.7 Å². The quantitative estimate of drug-likeness (QED) is 0.881. The van der Waals surface area contributed by atoms with Gasteiger partial charge in [-0.2, -0.15) is 16.3 Å². The Hall–Kier alpha value is -1.20. The molecule has 0 spiro atoms. The Morgan fingerprint density at radius 3 is 2.75 bits per heavy atom. The molecule has 0 radical (unpaired) electrons. The molecule has 2 aromatic heterocycles. The molecule has 0 aliphatic heterocycles. The van der Waals surface area contributed by atoms with Crippen LogP contribution in [0.25, 0.3) is 11.4 Å². The van der Waals surface area contributed by atoms with E-state index >= 15 is 0 Å². The number of thiophene rings is 1. The van der Waals surface area contributed by atoms with Crippen molar-refractivity contribution >= 4 is 11.3 Å². The normalized spacial score (nSPS) is 13.6. The number of hydrogen-bond acceptors (Lipinski definition) is 5. The van der Waals surface area contributed by atoms with E-state index < -0.39 is 0 Å². The summed E-state index contributed by atoms with van der Waals surface area (Å²) < 4.78 is 5.34. The molecule has 1 atom stereocenters. The van der Waals surface area contributed by atoms with Gasteiger partial charge in [0.15, 0.2) is 0 Å². The Bertz CT molecular complexity index is 513. The van der Waals surface area contributed by atoms with Crippen molar-refractivity contribution < 1.29 is 4.52 Å². The molecule has 1 unspecified atom stereocenters. The summed E-state index contributed by atoms with van der Waals surface area (Å²) in [5.41, 5.74) is 7.00. The summed E-state index contributed by atoms with van der Waals surface area (Å²) >= 11 is 1.64. The summed E-state index contributed by atoms with van der Waals surface area (Å²) in [6.45, 7) is 7.51. The van der Waals surface area contributed by atoms with Crippen molar-refractivity contribution in [1.82, 2.24) is 10.1 Å². The number of aromatic nitrogens is 2. The molecule has 0 amide bonds. The van der Waals surface area contributed by atoms with Crippen LogP contribution in [-0.2, 0) is 6.42 Å². The van der Waals surface area contributed by atoms with Crippen molar-refractivity contribution in [2.45, 2.75) is 40.0 Å². The van der Waals surface area contributed by atoms with E-state index in [0.29, 0.717) is 11.7 Å².